The zero-order valence-electron chi connectivity index (χ0n) is 25.5. The van der Waals surface area contributed by atoms with Crippen molar-refractivity contribution in [2.45, 2.75) is 140 Å². The molecule has 9 unspecified atom stereocenters. The highest BCUT2D eigenvalue weighted by atomic mass is 16.8. The Morgan fingerprint density at radius 1 is 0.825 bits per heavy atom. The van der Waals surface area contributed by atoms with Gasteiger partial charge in [0.25, 0.3) is 0 Å². The van der Waals surface area contributed by atoms with Gasteiger partial charge in [-0.05, 0) is 55.4 Å². The fourth-order valence-corrected chi connectivity index (χ4v) is 5.50. The molecule has 0 spiro atoms. The van der Waals surface area contributed by atoms with Crippen LogP contribution < -0.4 is 0 Å². The Labute approximate surface area is 236 Å². The fourth-order valence-electron chi connectivity index (χ4n) is 5.50. The van der Waals surface area contributed by atoms with E-state index in [1.807, 2.05) is 13.8 Å². The normalized spacial score (nSPS) is 39.5. The van der Waals surface area contributed by atoms with Crippen molar-refractivity contribution >= 4 is 0 Å². The summed E-state index contributed by atoms with van der Waals surface area (Å²) in [5.41, 5.74) is 0. The van der Waals surface area contributed by atoms with Crippen LogP contribution in [0.15, 0.2) is 0 Å². The number of rotatable bonds is 11. The van der Waals surface area contributed by atoms with Gasteiger partial charge in [0.2, 0.25) is 0 Å². The Morgan fingerprint density at radius 3 is 2.00 bits per heavy atom. The topological polar surface area (TPSA) is 131 Å². The maximum Gasteiger partial charge on any atom is 0.187 e. The van der Waals surface area contributed by atoms with Crippen LogP contribution >= 0.6 is 0 Å². The predicted molar refractivity (Wildman–Crippen MR) is 137 cm³/mol. The van der Waals surface area contributed by atoms with Crippen molar-refractivity contribution in [1.29, 1.82) is 0 Å². The third kappa shape index (κ3) is 7.16. The molecule has 13 nitrogen and oxygen atoms in total. The molecule has 0 aromatic rings. The van der Waals surface area contributed by atoms with Gasteiger partial charge in [-0.2, -0.15) is 0 Å². The molecule has 4 heterocycles. The van der Waals surface area contributed by atoms with E-state index in [2.05, 4.69) is 0 Å². The highest BCUT2D eigenvalue weighted by Crippen LogP contribution is 2.42. The summed E-state index contributed by atoms with van der Waals surface area (Å²) in [6, 6.07) is 0. The van der Waals surface area contributed by atoms with Crippen LogP contribution in [0.3, 0.4) is 0 Å². The zero-order valence-corrected chi connectivity index (χ0v) is 25.5. The Bertz CT molecular complexity index is 844. The summed E-state index contributed by atoms with van der Waals surface area (Å²) in [4.78, 5) is 0. The first-order chi connectivity index (χ1) is 18.5. The molecule has 40 heavy (non-hydrogen) atoms. The number of aliphatic hydroxyl groups is 1. The molecular formula is C27H48O13. The molecule has 0 saturated carbocycles. The number of hydrogen-bond acceptors (Lipinski definition) is 13. The van der Waals surface area contributed by atoms with Crippen molar-refractivity contribution in [3.05, 3.63) is 0 Å². The standard InChI is InChI=1S/C27H48O13/c1-24(2,31-11)32-12-14-18-19(38-26(5,6)37-18)16(28)22(34-14)35-17(15-13-33-25(3,4)36-15)20-21(23(29-9)30-10)40-27(7,8)39-20/h14-23,28H,12-13H2,1-11H3. The third-order valence-electron chi connectivity index (χ3n) is 7.45. The van der Waals surface area contributed by atoms with Crippen LogP contribution in [-0.4, -0.2) is 124 Å². The zero-order chi connectivity index (χ0) is 29.7. The van der Waals surface area contributed by atoms with Gasteiger partial charge in [0.15, 0.2) is 35.7 Å². The van der Waals surface area contributed by atoms with Gasteiger partial charge >= 0.3 is 0 Å². The second-order valence-electron chi connectivity index (χ2n) is 12.4. The summed E-state index contributed by atoms with van der Waals surface area (Å²) in [6.07, 6.45) is -7.98. The lowest BCUT2D eigenvalue weighted by molar-refractivity contribution is -0.324. The molecule has 1 N–H and O–H groups in total. The summed E-state index contributed by atoms with van der Waals surface area (Å²) in [6.45, 7) is 14.7. The molecule has 4 aliphatic rings. The summed E-state index contributed by atoms with van der Waals surface area (Å²) >= 11 is 0. The number of hydrogen-bond donors (Lipinski definition) is 1. The van der Waals surface area contributed by atoms with Gasteiger partial charge in [-0.25, -0.2) is 0 Å². The average molecular weight is 581 g/mol. The highest BCUT2D eigenvalue weighted by Gasteiger charge is 2.59. The third-order valence-corrected chi connectivity index (χ3v) is 7.45. The van der Waals surface area contributed by atoms with Crippen LogP contribution in [0.4, 0.5) is 0 Å². The van der Waals surface area contributed by atoms with E-state index in [-0.39, 0.29) is 13.2 Å². The summed E-state index contributed by atoms with van der Waals surface area (Å²) < 4.78 is 72.2. The van der Waals surface area contributed by atoms with Crippen LogP contribution in [-0.2, 0) is 56.8 Å². The second kappa shape index (κ2) is 11.9. The second-order valence-corrected chi connectivity index (χ2v) is 12.4. The van der Waals surface area contributed by atoms with Crippen molar-refractivity contribution in [2.24, 2.45) is 0 Å². The molecule has 0 bridgehead atoms. The smallest absolute Gasteiger partial charge is 0.187 e. The fraction of sp³-hybridized carbons (Fsp3) is 1.00. The number of ether oxygens (including phenoxy) is 12. The van der Waals surface area contributed by atoms with Gasteiger partial charge < -0.3 is 61.9 Å². The van der Waals surface area contributed by atoms with E-state index in [4.69, 9.17) is 56.8 Å². The van der Waals surface area contributed by atoms with Crippen molar-refractivity contribution in [3.63, 3.8) is 0 Å². The van der Waals surface area contributed by atoms with Gasteiger partial charge in [-0.3, -0.25) is 0 Å². The molecule has 234 valence electrons. The van der Waals surface area contributed by atoms with Crippen molar-refractivity contribution in [2.75, 3.05) is 34.5 Å². The number of fused-ring (bicyclic) bond motifs is 1. The first-order valence-electron chi connectivity index (χ1n) is 13.8. The molecule has 9 atom stereocenters. The van der Waals surface area contributed by atoms with Gasteiger partial charge in [-0.1, -0.05) is 0 Å². The lowest BCUT2D eigenvalue weighted by Gasteiger charge is -2.43. The first kappa shape index (κ1) is 32.4. The molecule has 4 aliphatic heterocycles. The van der Waals surface area contributed by atoms with Crippen LogP contribution in [0, 0.1) is 0 Å². The van der Waals surface area contributed by atoms with Crippen LogP contribution in [0.5, 0.6) is 0 Å². The molecular weight excluding hydrogens is 532 g/mol. The summed E-state index contributed by atoms with van der Waals surface area (Å²) in [5, 5.41) is 11.5. The van der Waals surface area contributed by atoms with Gasteiger partial charge in [0.05, 0.1) is 13.2 Å². The van der Waals surface area contributed by atoms with Crippen molar-refractivity contribution < 1.29 is 61.9 Å². The van der Waals surface area contributed by atoms with E-state index in [1.54, 1.807) is 48.7 Å². The largest absolute Gasteiger partial charge is 0.385 e. The Kier molecular flexibility index (Phi) is 9.61. The van der Waals surface area contributed by atoms with E-state index in [9.17, 15) is 5.11 Å². The minimum Gasteiger partial charge on any atom is -0.385 e. The molecule has 0 aromatic heterocycles. The Morgan fingerprint density at radius 2 is 1.43 bits per heavy atom. The molecule has 0 amide bonds. The Hall–Kier alpha value is -0.520. The molecule has 0 aliphatic carbocycles. The van der Waals surface area contributed by atoms with E-state index in [0.717, 1.165) is 0 Å². The van der Waals surface area contributed by atoms with Crippen LogP contribution in [0.2, 0.25) is 0 Å². The monoisotopic (exact) mass is 580 g/mol. The molecule has 0 aromatic carbocycles. The maximum absolute atomic E-state index is 11.5. The molecule has 13 heteroatoms. The van der Waals surface area contributed by atoms with E-state index < -0.39 is 84.6 Å². The molecule has 4 saturated heterocycles. The minimum absolute atomic E-state index is 0.100. The summed E-state index contributed by atoms with van der Waals surface area (Å²) in [5.74, 6) is -3.65. The van der Waals surface area contributed by atoms with Crippen molar-refractivity contribution in [3.8, 4) is 0 Å². The highest BCUT2D eigenvalue weighted by molar-refractivity contribution is 4.99. The Balaban J connectivity index is 1.63. The van der Waals surface area contributed by atoms with Crippen molar-refractivity contribution in [1.82, 2.24) is 0 Å². The lowest BCUT2D eigenvalue weighted by Crippen LogP contribution is -2.61. The van der Waals surface area contributed by atoms with Crippen LogP contribution in [0.1, 0.15) is 55.4 Å². The molecule has 4 rings (SSSR count). The maximum atomic E-state index is 11.5. The van der Waals surface area contributed by atoms with Gasteiger partial charge in [0.1, 0.15) is 48.8 Å². The number of aliphatic hydroxyl groups excluding tert-OH is 1. The van der Waals surface area contributed by atoms with Gasteiger partial charge in [-0.15, -0.1) is 0 Å². The lowest BCUT2D eigenvalue weighted by atomic mass is 9.98. The van der Waals surface area contributed by atoms with E-state index >= 15 is 0 Å². The number of methoxy groups -OCH3 is 3. The molecule has 0 radical (unpaired) electrons. The van der Waals surface area contributed by atoms with E-state index in [1.165, 1.54) is 14.2 Å². The summed E-state index contributed by atoms with van der Waals surface area (Å²) in [7, 11) is 4.60. The average Bonchev–Trinajstić information content (AvgIpc) is 3.50. The quantitative estimate of drug-likeness (QED) is 0.356. The van der Waals surface area contributed by atoms with E-state index in [0.29, 0.717) is 0 Å². The van der Waals surface area contributed by atoms with Crippen LogP contribution in [0.25, 0.3) is 0 Å². The molecule has 4 fully saturated rings. The first-order valence-corrected chi connectivity index (χ1v) is 13.8. The SMILES string of the molecule is COC(OC)C1OC(C)(C)OC1C(OC1OC(COC(C)(C)OC)C2OC(C)(C)OC2C1O)C1COC(C)(C)O1. The van der Waals surface area contributed by atoms with Gasteiger partial charge in [0, 0.05) is 21.3 Å². The predicted octanol–water partition coefficient (Wildman–Crippen LogP) is 1.67. The minimum atomic E-state index is -1.20.